The van der Waals surface area contributed by atoms with Crippen LogP contribution in [-0.2, 0) is 14.8 Å². The highest BCUT2D eigenvalue weighted by atomic mass is 32.2. The summed E-state index contributed by atoms with van der Waals surface area (Å²) in [6.07, 6.45) is 0. The molecule has 0 saturated heterocycles. The van der Waals surface area contributed by atoms with Crippen LogP contribution < -0.4 is 4.72 Å². The summed E-state index contributed by atoms with van der Waals surface area (Å²) >= 11 is 0. The molecule has 0 amide bonds. The molecule has 0 saturated carbocycles. The van der Waals surface area contributed by atoms with E-state index in [0.717, 1.165) is 5.56 Å². The van der Waals surface area contributed by atoms with Crippen molar-refractivity contribution in [1.29, 1.82) is 0 Å². The zero-order valence-electron chi connectivity index (χ0n) is 14.2. The highest BCUT2D eigenvalue weighted by Crippen LogP contribution is 2.23. The van der Waals surface area contributed by atoms with Crippen molar-refractivity contribution >= 4 is 21.7 Å². The number of ether oxygens (including phenoxy) is 1. The van der Waals surface area contributed by atoms with Crippen molar-refractivity contribution in [3.8, 4) is 0 Å². The highest BCUT2D eigenvalue weighted by Gasteiger charge is 2.16. The predicted molar refractivity (Wildman–Crippen MR) is 93.9 cm³/mol. The standard InChI is InChI=1S/C18H21NO4S/c1-12(2)14-5-8-16(9-6-14)24(21,22)19-17-10-7-15(11-13(17)3)18(20)23-4/h5-12,19H,1-4H3. The second-order valence-electron chi connectivity index (χ2n) is 5.85. The molecule has 128 valence electrons. The molecule has 0 unspecified atom stereocenters. The normalized spacial score (nSPS) is 11.4. The number of aryl methyl sites for hydroxylation is 1. The minimum Gasteiger partial charge on any atom is -0.465 e. The lowest BCUT2D eigenvalue weighted by Crippen LogP contribution is -2.14. The van der Waals surface area contributed by atoms with Gasteiger partial charge in [0.25, 0.3) is 10.0 Å². The van der Waals surface area contributed by atoms with E-state index in [1.54, 1.807) is 31.2 Å². The largest absolute Gasteiger partial charge is 0.465 e. The number of anilines is 1. The quantitative estimate of drug-likeness (QED) is 0.837. The molecule has 0 atom stereocenters. The molecule has 0 spiro atoms. The Hall–Kier alpha value is -2.34. The number of methoxy groups -OCH3 is 1. The van der Waals surface area contributed by atoms with Gasteiger partial charge in [0.15, 0.2) is 0 Å². The molecule has 2 aromatic carbocycles. The molecular weight excluding hydrogens is 326 g/mol. The molecule has 0 aliphatic heterocycles. The Kier molecular flexibility index (Phi) is 5.29. The van der Waals surface area contributed by atoms with Crippen molar-refractivity contribution in [2.75, 3.05) is 11.8 Å². The van der Waals surface area contributed by atoms with Gasteiger partial charge in [-0.05, 0) is 54.3 Å². The molecule has 6 heteroatoms. The first-order valence-electron chi connectivity index (χ1n) is 7.56. The van der Waals surface area contributed by atoms with E-state index >= 15 is 0 Å². The third-order valence-electron chi connectivity index (χ3n) is 3.75. The Balaban J connectivity index is 2.27. The minimum absolute atomic E-state index is 0.198. The highest BCUT2D eigenvalue weighted by molar-refractivity contribution is 7.92. The van der Waals surface area contributed by atoms with Crippen molar-refractivity contribution < 1.29 is 17.9 Å². The van der Waals surface area contributed by atoms with Crippen molar-refractivity contribution in [2.45, 2.75) is 31.6 Å². The summed E-state index contributed by atoms with van der Waals surface area (Å²) in [5.41, 5.74) is 2.52. The van der Waals surface area contributed by atoms with E-state index in [0.29, 0.717) is 22.7 Å². The number of sulfonamides is 1. The number of carbonyl (C=O) groups excluding carboxylic acids is 1. The lowest BCUT2D eigenvalue weighted by atomic mass is 10.0. The number of carbonyl (C=O) groups is 1. The Morgan fingerprint density at radius 3 is 2.21 bits per heavy atom. The van der Waals surface area contributed by atoms with E-state index in [-0.39, 0.29) is 4.90 Å². The molecule has 0 bridgehead atoms. The van der Waals surface area contributed by atoms with Crippen LogP contribution in [0.1, 0.15) is 41.3 Å². The lowest BCUT2D eigenvalue weighted by Gasteiger charge is -2.12. The fraction of sp³-hybridized carbons (Fsp3) is 0.278. The summed E-state index contributed by atoms with van der Waals surface area (Å²) in [6.45, 7) is 5.83. The summed E-state index contributed by atoms with van der Waals surface area (Å²) in [7, 11) is -2.38. The molecule has 2 rings (SSSR count). The van der Waals surface area contributed by atoms with E-state index in [2.05, 4.69) is 9.46 Å². The Morgan fingerprint density at radius 1 is 1.08 bits per heavy atom. The van der Waals surface area contributed by atoms with Crippen LogP contribution in [0.4, 0.5) is 5.69 Å². The van der Waals surface area contributed by atoms with E-state index in [4.69, 9.17) is 0 Å². The van der Waals surface area contributed by atoms with Gasteiger partial charge in [-0.25, -0.2) is 13.2 Å². The number of rotatable bonds is 5. The van der Waals surface area contributed by atoms with Crippen molar-refractivity contribution in [1.82, 2.24) is 0 Å². The molecule has 5 nitrogen and oxygen atoms in total. The summed E-state index contributed by atoms with van der Waals surface area (Å²) < 4.78 is 32.2. The van der Waals surface area contributed by atoms with Crippen LogP contribution >= 0.6 is 0 Å². The Bertz CT molecular complexity index is 840. The third kappa shape index (κ3) is 3.94. The fourth-order valence-corrected chi connectivity index (χ4v) is 3.39. The van der Waals surface area contributed by atoms with Crippen LogP contribution in [0.3, 0.4) is 0 Å². The molecule has 0 radical (unpaired) electrons. The number of hydrogen-bond acceptors (Lipinski definition) is 4. The van der Waals surface area contributed by atoms with E-state index in [9.17, 15) is 13.2 Å². The van der Waals surface area contributed by atoms with Gasteiger partial charge in [-0.2, -0.15) is 0 Å². The van der Waals surface area contributed by atoms with Gasteiger partial charge in [0, 0.05) is 0 Å². The summed E-state index contributed by atoms with van der Waals surface area (Å²) in [5.74, 6) is -0.125. The number of hydrogen-bond donors (Lipinski definition) is 1. The van der Waals surface area contributed by atoms with Crippen LogP contribution in [0.15, 0.2) is 47.4 Å². The average Bonchev–Trinajstić information content (AvgIpc) is 2.56. The first-order valence-corrected chi connectivity index (χ1v) is 9.04. The zero-order valence-corrected chi connectivity index (χ0v) is 15.0. The average molecular weight is 347 g/mol. The van der Waals surface area contributed by atoms with Crippen LogP contribution in [0.25, 0.3) is 0 Å². The molecule has 24 heavy (non-hydrogen) atoms. The van der Waals surface area contributed by atoms with E-state index in [1.807, 2.05) is 26.0 Å². The Labute approximate surface area is 142 Å². The van der Waals surface area contributed by atoms with Gasteiger partial charge < -0.3 is 4.74 Å². The first-order chi connectivity index (χ1) is 11.2. The molecule has 0 fully saturated rings. The van der Waals surface area contributed by atoms with Crippen molar-refractivity contribution in [3.63, 3.8) is 0 Å². The minimum atomic E-state index is -3.68. The molecule has 1 N–H and O–H groups in total. The molecule has 0 aliphatic carbocycles. The molecular formula is C18H21NO4S. The Morgan fingerprint density at radius 2 is 1.71 bits per heavy atom. The number of benzene rings is 2. The fourth-order valence-electron chi connectivity index (χ4n) is 2.26. The molecule has 2 aromatic rings. The molecule has 0 aromatic heterocycles. The van der Waals surface area contributed by atoms with Gasteiger partial charge in [-0.1, -0.05) is 26.0 Å². The summed E-state index contributed by atoms with van der Waals surface area (Å²) in [4.78, 5) is 11.7. The zero-order chi connectivity index (χ0) is 17.9. The van der Waals surface area contributed by atoms with Gasteiger partial charge in [-0.3, -0.25) is 4.72 Å². The second kappa shape index (κ2) is 7.05. The lowest BCUT2D eigenvalue weighted by molar-refractivity contribution is 0.0600. The molecule has 0 heterocycles. The first kappa shape index (κ1) is 18.0. The maximum Gasteiger partial charge on any atom is 0.337 e. The van der Waals surface area contributed by atoms with Gasteiger partial charge in [0.05, 0.1) is 23.3 Å². The van der Waals surface area contributed by atoms with Crippen LogP contribution in [0, 0.1) is 6.92 Å². The molecule has 0 aliphatic rings. The van der Waals surface area contributed by atoms with E-state index in [1.165, 1.54) is 13.2 Å². The van der Waals surface area contributed by atoms with E-state index < -0.39 is 16.0 Å². The number of nitrogens with one attached hydrogen (secondary N) is 1. The number of esters is 1. The predicted octanol–water partition coefficient (Wildman–Crippen LogP) is 3.71. The van der Waals surface area contributed by atoms with Crippen LogP contribution in [0.5, 0.6) is 0 Å². The maximum absolute atomic E-state index is 12.5. The van der Waals surface area contributed by atoms with Gasteiger partial charge in [-0.15, -0.1) is 0 Å². The second-order valence-corrected chi connectivity index (χ2v) is 7.53. The van der Waals surface area contributed by atoms with Crippen molar-refractivity contribution in [3.05, 3.63) is 59.2 Å². The topological polar surface area (TPSA) is 72.5 Å². The van der Waals surface area contributed by atoms with Gasteiger partial charge in [0.1, 0.15) is 0 Å². The monoisotopic (exact) mass is 347 g/mol. The SMILES string of the molecule is COC(=O)c1ccc(NS(=O)(=O)c2ccc(C(C)C)cc2)c(C)c1. The third-order valence-corrected chi connectivity index (χ3v) is 5.13. The van der Waals surface area contributed by atoms with Crippen LogP contribution in [0.2, 0.25) is 0 Å². The van der Waals surface area contributed by atoms with Gasteiger partial charge in [0.2, 0.25) is 0 Å². The van der Waals surface area contributed by atoms with Gasteiger partial charge >= 0.3 is 5.97 Å². The smallest absolute Gasteiger partial charge is 0.337 e. The van der Waals surface area contributed by atoms with Crippen LogP contribution in [-0.4, -0.2) is 21.5 Å². The van der Waals surface area contributed by atoms with Crippen molar-refractivity contribution in [2.24, 2.45) is 0 Å². The maximum atomic E-state index is 12.5. The summed E-state index contributed by atoms with van der Waals surface area (Å²) in [6, 6.07) is 11.5. The summed E-state index contributed by atoms with van der Waals surface area (Å²) in [5, 5.41) is 0.